The van der Waals surface area contributed by atoms with Crippen molar-refractivity contribution in [3.63, 3.8) is 0 Å². The molecule has 0 bridgehead atoms. The number of aliphatic hydroxyl groups is 1. The first kappa shape index (κ1) is 17.0. The van der Waals surface area contributed by atoms with Crippen molar-refractivity contribution in [3.8, 4) is 0 Å². The minimum absolute atomic E-state index is 0.0890. The van der Waals surface area contributed by atoms with Crippen molar-refractivity contribution in [3.05, 3.63) is 78.1 Å². The second-order valence-corrected chi connectivity index (χ2v) is 7.60. The Morgan fingerprint density at radius 2 is 1.71 bits per heavy atom. The lowest BCUT2D eigenvalue weighted by molar-refractivity contribution is -0.112. The number of rotatable bonds is 3. The fourth-order valence-corrected chi connectivity index (χ4v) is 4.11. The van der Waals surface area contributed by atoms with Gasteiger partial charge in [0.05, 0.1) is 12.1 Å². The van der Waals surface area contributed by atoms with Crippen LogP contribution in [0.1, 0.15) is 5.56 Å². The number of carbonyl (C=O) groups is 1. The normalized spacial score (nSPS) is 14.6. The maximum absolute atomic E-state index is 13.1. The van der Waals surface area contributed by atoms with Gasteiger partial charge in [0.15, 0.2) is 0 Å². The molecule has 0 saturated heterocycles. The zero-order valence-corrected chi connectivity index (χ0v) is 16.0. The highest BCUT2D eigenvalue weighted by atomic mass is 32.2. The van der Waals surface area contributed by atoms with E-state index in [4.69, 9.17) is 4.42 Å². The highest BCUT2D eigenvalue weighted by Crippen LogP contribution is 2.35. The van der Waals surface area contributed by atoms with Crippen molar-refractivity contribution in [1.82, 2.24) is 0 Å². The molecule has 1 N–H and O–H groups in total. The Balaban J connectivity index is 1.55. The molecule has 1 aliphatic heterocycles. The van der Waals surface area contributed by atoms with Gasteiger partial charge in [-0.05, 0) is 54.3 Å². The van der Waals surface area contributed by atoms with Gasteiger partial charge in [-0.15, -0.1) is 11.8 Å². The van der Waals surface area contributed by atoms with Crippen LogP contribution in [0.2, 0.25) is 0 Å². The summed E-state index contributed by atoms with van der Waals surface area (Å²) in [5.41, 5.74) is 3.39. The number of benzene rings is 3. The molecular formula is C23H17NO3S. The maximum atomic E-state index is 13.1. The lowest BCUT2D eigenvalue weighted by atomic mass is 10.0. The first-order valence-corrected chi connectivity index (χ1v) is 10.2. The van der Waals surface area contributed by atoms with Gasteiger partial charge in [-0.1, -0.05) is 24.3 Å². The van der Waals surface area contributed by atoms with Gasteiger partial charge < -0.3 is 14.4 Å². The van der Waals surface area contributed by atoms with Gasteiger partial charge in [-0.25, -0.2) is 0 Å². The summed E-state index contributed by atoms with van der Waals surface area (Å²) in [6.45, 7) is 0.178. The van der Waals surface area contributed by atoms with E-state index in [2.05, 4.69) is 0 Å². The van der Waals surface area contributed by atoms with Gasteiger partial charge in [0.1, 0.15) is 16.9 Å². The van der Waals surface area contributed by atoms with Gasteiger partial charge >= 0.3 is 0 Å². The highest BCUT2D eigenvalue weighted by Gasteiger charge is 2.32. The van der Waals surface area contributed by atoms with Crippen molar-refractivity contribution in [1.29, 1.82) is 0 Å². The molecule has 138 valence electrons. The van der Waals surface area contributed by atoms with Crippen molar-refractivity contribution in [2.45, 2.75) is 4.90 Å². The molecule has 1 amide bonds. The summed E-state index contributed by atoms with van der Waals surface area (Å²) < 4.78 is 5.86. The third kappa shape index (κ3) is 2.59. The summed E-state index contributed by atoms with van der Waals surface area (Å²) in [5.74, 6) is -0.104. The third-order valence-corrected chi connectivity index (χ3v) is 5.85. The summed E-state index contributed by atoms with van der Waals surface area (Å²) >= 11 is 1.65. The van der Waals surface area contributed by atoms with Crippen LogP contribution in [0.25, 0.3) is 27.5 Å². The molecule has 5 rings (SSSR count). The molecule has 0 atom stereocenters. The van der Waals surface area contributed by atoms with Crippen molar-refractivity contribution in [2.75, 3.05) is 17.7 Å². The fraction of sp³-hybridized carbons (Fsp3) is 0.0870. The van der Waals surface area contributed by atoms with Gasteiger partial charge in [0, 0.05) is 21.4 Å². The van der Waals surface area contributed by atoms with E-state index < -0.39 is 0 Å². The molecule has 0 aliphatic carbocycles. The Labute approximate surface area is 166 Å². The minimum Gasteiger partial charge on any atom is -0.510 e. The Hall–Kier alpha value is -3.18. The van der Waals surface area contributed by atoms with Crippen LogP contribution >= 0.6 is 11.8 Å². The number of hydrogen-bond acceptors (Lipinski definition) is 4. The average molecular weight is 387 g/mol. The van der Waals surface area contributed by atoms with Crippen LogP contribution in [0, 0.1) is 0 Å². The number of aliphatic hydroxyl groups excluding tert-OH is 1. The standard InChI is InChI=1S/C23H17NO3S/c1-28-16-9-7-15(8-10-16)24-13-19(25)22(23(24)26)14-6-11-21-18(12-14)17-4-2-3-5-20(17)27-21/h2-12,25H,13H2,1H3. The fourth-order valence-electron chi connectivity index (χ4n) is 3.70. The molecule has 3 aromatic carbocycles. The number of hydrogen-bond donors (Lipinski definition) is 1. The molecule has 1 aromatic heterocycles. The van der Waals surface area contributed by atoms with E-state index >= 15 is 0 Å². The number of carbonyl (C=O) groups excluding carboxylic acids is 1. The van der Waals surface area contributed by atoms with Crippen LogP contribution < -0.4 is 4.90 Å². The highest BCUT2D eigenvalue weighted by molar-refractivity contribution is 7.98. The zero-order chi connectivity index (χ0) is 19.3. The number of furan rings is 1. The average Bonchev–Trinajstić information content (AvgIpc) is 3.24. The van der Waals surface area contributed by atoms with Crippen molar-refractivity contribution < 1.29 is 14.3 Å². The van der Waals surface area contributed by atoms with Crippen LogP contribution in [-0.2, 0) is 4.79 Å². The van der Waals surface area contributed by atoms with Crippen LogP contribution in [-0.4, -0.2) is 23.8 Å². The minimum atomic E-state index is -0.193. The molecule has 2 heterocycles. The van der Waals surface area contributed by atoms with Gasteiger partial charge in [0.2, 0.25) is 0 Å². The van der Waals surface area contributed by atoms with Crippen molar-refractivity contribution >= 4 is 50.9 Å². The van der Waals surface area contributed by atoms with Crippen molar-refractivity contribution in [2.24, 2.45) is 0 Å². The monoisotopic (exact) mass is 387 g/mol. The van der Waals surface area contributed by atoms with Gasteiger partial charge in [0.25, 0.3) is 5.91 Å². The SMILES string of the molecule is CSc1ccc(N2CC(O)=C(c3ccc4oc5ccccc5c4c3)C2=O)cc1. The summed E-state index contributed by atoms with van der Waals surface area (Å²) in [6, 6.07) is 21.2. The predicted molar refractivity (Wildman–Crippen MR) is 114 cm³/mol. The lowest BCUT2D eigenvalue weighted by Gasteiger charge is -2.16. The van der Waals surface area contributed by atoms with Crippen LogP contribution in [0.5, 0.6) is 0 Å². The Kier molecular flexibility index (Phi) is 3.91. The van der Waals surface area contributed by atoms with E-state index in [1.807, 2.05) is 73.0 Å². The van der Waals surface area contributed by atoms with E-state index in [0.717, 1.165) is 32.5 Å². The lowest BCUT2D eigenvalue weighted by Crippen LogP contribution is -2.26. The van der Waals surface area contributed by atoms with Crippen LogP contribution in [0.15, 0.2) is 81.8 Å². The molecule has 0 spiro atoms. The number of fused-ring (bicyclic) bond motifs is 3. The van der Waals surface area contributed by atoms with E-state index in [-0.39, 0.29) is 18.2 Å². The Bertz CT molecular complexity index is 1250. The summed E-state index contributed by atoms with van der Waals surface area (Å²) in [6.07, 6.45) is 2.01. The van der Waals surface area contributed by atoms with E-state index in [9.17, 15) is 9.90 Å². The summed E-state index contributed by atoms with van der Waals surface area (Å²) in [5, 5.41) is 12.5. The van der Waals surface area contributed by atoms with E-state index in [1.54, 1.807) is 16.7 Å². The molecule has 1 aliphatic rings. The predicted octanol–water partition coefficient (Wildman–Crippen LogP) is 5.62. The first-order chi connectivity index (χ1) is 13.7. The quantitative estimate of drug-likeness (QED) is 0.463. The second kappa shape index (κ2) is 6.46. The Morgan fingerprint density at radius 1 is 0.964 bits per heavy atom. The Morgan fingerprint density at radius 3 is 2.50 bits per heavy atom. The molecule has 4 aromatic rings. The summed E-state index contributed by atoms with van der Waals surface area (Å²) in [4.78, 5) is 15.8. The van der Waals surface area contributed by atoms with E-state index in [1.165, 1.54) is 0 Å². The van der Waals surface area contributed by atoms with E-state index in [0.29, 0.717) is 11.1 Å². The number of anilines is 1. The number of nitrogens with zero attached hydrogens (tertiary/aromatic N) is 1. The first-order valence-electron chi connectivity index (χ1n) is 8.95. The topological polar surface area (TPSA) is 53.7 Å². The number of amides is 1. The molecule has 0 fully saturated rings. The molecular weight excluding hydrogens is 370 g/mol. The van der Waals surface area contributed by atoms with Gasteiger partial charge in [-0.3, -0.25) is 4.79 Å². The second-order valence-electron chi connectivity index (χ2n) is 6.72. The molecule has 0 saturated carbocycles. The maximum Gasteiger partial charge on any atom is 0.262 e. The van der Waals surface area contributed by atoms with Crippen LogP contribution in [0.4, 0.5) is 5.69 Å². The molecule has 28 heavy (non-hydrogen) atoms. The zero-order valence-electron chi connectivity index (χ0n) is 15.2. The third-order valence-electron chi connectivity index (χ3n) is 5.10. The molecule has 4 nitrogen and oxygen atoms in total. The van der Waals surface area contributed by atoms with Crippen LogP contribution in [0.3, 0.4) is 0 Å². The smallest absolute Gasteiger partial charge is 0.262 e. The van der Waals surface area contributed by atoms with Gasteiger partial charge in [-0.2, -0.15) is 0 Å². The largest absolute Gasteiger partial charge is 0.510 e. The number of para-hydroxylation sites is 1. The molecule has 0 radical (unpaired) electrons. The number of thioether (sulfide) groups is 1. The summed E-state index contributed by atoms with van der Waals surface area (Å²) in [7, 11) is 0. The molecule has 5 heteroatoms. The molecule has 0 unspecified atom stereocenters.